The lowest BCUT2D eigenvalue weighted by Crippen LogP contribution is -1.93. The highest BCUT2D eigenvalue weighted by Crippen LogP contribution is 2.31. The van der Waals surface area contributed by atoms with Crippen molar-refractivity contribution in [2.75, 3.05) is 7.11 Å². The van der Waals surface area contributed by atoms with Crippen molar-refractivity contribution in [1.82, 2.24) is 4.57 Å². The van der Waals surface area contributed by atoms with Gasteiger partial charge in [-0.05, 0) is 36.4 Å². The summed E-state index contributed by atoms with van der Waals surface area (Å²) in [5, 5.41) is 2.56. The average Bonchev–Trinajstić information content (AvgIpc) is 2.98. The predicted octanol–water partition coefficient (Wildman–Crippen LogP) is 5.82. The zero-order valence-corrected chi connectivity index (χ0v) is 13.8. The maximum absolute atomic E-state index is 5.25. The van der Waals surface area contributed by atoms with E-state index in [9.17, 15) is 0 Å². The number of aromatic nitrogens is 1. The van der Waals surface area contributed by atoms with Crippen LogP contribution in [0.2, 0.25) is 0 Å². The van der Waals surface area contributed by atoms with Crippen molar-refractivity contribution in [3.63, 3.8) is 0 Å². The average molecular weight is 303 g/mol. The number of ether oxygens (including phenoxy) is 1. The molecule has 4 aromatic rings. The monoisotopic (exact) mass is 303 g/mol. The molecule has 0 atom stereocenters. The third kappa shape index (κ3) is 2.57. The Kier molecular flexibility index (Phi) is 4.33. The molecule has 4 rings (SSSR count). The summed E-state index contributed by atoms with van der Waals surface area (Å²) in [5.74, 6) is 0.875. The molecule has 1 heterocycles. The SMILES string of the molecule is CC.COc1ccc(-n2c3ccccc3c3ccccc32)cc1. The number of fused-ring (bicyclic) bond motifs is 3. The van der Waals surface area contributed by atoms with E-state index in [2.05, 4.69) is 65.2 Å². The van der Waals surface area contributed by atoms with Crippen LogP contribution in [-0.4, -0.2) is 11.7 Å². The minimum atomic E-state index is 0.875. The van der Waals surface area contributed by atoms with Gasteiger partial charge in [0.15, 0.2) is 0 Å². The summed E-state index contributed by atoms with van der Waals surface area (Å²) >= 11 is 0. The van der Waals surface area contributed by atoms with Gasteiger partial charge in [0, 0.05) is 16.5 Å². The van der Waals surface area contributed by atoms with Crippen molar-refractivity contribution in [3.8, 4) is 11.4 Å². The van der Waals surface area contributed by atoms with Crippen molar-refractivity contribution in [3.05, 3.63) is 72.8 Å². The molecule has 0 fully saturated rings. The molecule has 0 N–H and O–H groups in total. The summed E-state index contributed by atoms with van der Waals surface area (Å²) in [4.78, 5) is 0. The van der Waals surface area contributed by atoms with Crippen molar-refractivity contribution in [1.29, 1.82) is 0 Å². The zero-order valence-electron chi connectivity index (χ0n) is 13.8. The first-order valence-corrected chi connectivity index (χ1v) is 8.01. The first-order chi connectivity index (χ1) is 11.4. The number of hydrogen-bond donors (Lipinski definition) is 0. The van der Waals surface area contributed by atoms with E-state index in [0.29, 0.717) is 0 Å². The topological polar surface area (TPSA) is 14.2 Å². The minimum absolute atomic E-state index is 0.875. The standard InChI is InChI=1S/C19H15NO.C2H6/c1-21-15-12-10-14(11-13-15)20-18-8-4-2-6-16(18)17-7-3-5-9-19(17)20;1-2/h2-13H,1H3;1-2H3. The van der Waals surface area contributed by atoms with Crippen LogP contribution in [0.1, 0.15) is 13.8 Å². The van der Waals surface area contributed by atoms with Crippen LogP contribution in [0.3, 0.4) is 0 Å². The molecule has 1 aromatic heterocycles. The second-order valence-corrected chi connectivity index (χ2v) is 5.07. The molecule has 2 nitrogen and oxygen atoms in total. The molecule has 116 valence electrons. The van der Waals surface area contributed by atoms with Crippen LogP contribution in [0.15, 0.2) is 72.8 Å². The lowest BCUT2D eigenvalue weighted by molar-refractivity contribution is 0.415. The van der Waals surface area contributed by atoms with Gasteiger partial charge in [-0.25, -0.2) is 0 Å². The quantitative estimate of drug-likeness (QED) is 0.455. The Labute approximate surface area is 136 Å². The van der Waals surface area contributed by atoms with Crippen LogP contribution < -0.4 is 4.74 Å². The van der Waals surface area contributed by atoms with E-state index >= 15 is 0 Å². The van der Waals surface area contributed by atoms with Crippen LogP contribution in [0.5, 0.6) is 5.75 Å². The summed E-state index contributed by atoms with van der Waals surface area (Å²) in [7, 11) is 1.69. The van der Waals surface area contributed by atoms with E-state index in [-0.39, 0.29) is 0 Å². The fourth-order valence-corrected chi connectivity index (χ4v) is 2.93. The highest BCUT2D eigenvalue weighted by molar-refractivity contribution is 6.09. The number of benzene rings is 3. The third-order valence-electron chi connectivity index (χ3n) is 3.91. The fraction of sp³-hybridized carbons (Fsp3) is 0.143. The molecular formula is C21H21NO. The van der Waals surface area contributed by atoms with Crippen LogP contribution in [0.4, 0.5) is 0 Å². The Morgan fingerprint density at radius 2 is 1.13 bits per heavy atom. The van der Waals surface area contributed by atoms with Gasteiger partial charge >= 0.3 is 0 Å². The molecule has 0 aliphatic heterocycles. The molecule has 2 heteroatoms. The Bertz CT molecular complexity index is 866. The van der Waals surface area contributed by atoms with Gasteiger partial charge in [-0.15, -0.1) is 0 Å². The Morgan fingerprint density at radius 3 is 1.61 bits per heavy atom. The summed E-state index contributed by atoms with van der Waals surface area (Å²) in [6.45, 7) is 4.00. The number of hydrogen-bond acceptors (Lipinski definition) is 1. The first kappa shape index (κ1) is 15.2. The summed E-state index contributed by atoms with van der Waals surface area (Å²) in [6, 6.07) is 25.2. The van der Waals surface area contributed by atoms with Gasteiger partial charge in [0.25, 0.3) is 0 Å². The second-order valence-electron chi connectivity index (χ2n) is 5.07. The van der Waals surface area contributed by atoms with Crippen molar-refractivity contribution in [2.24, 2.45) is 0 Å². The molecular weight excluding hydrogens is 282 g/mol. The number of rotatable bonds is 2. The van der Waals surface area contributed by atoms with Crippen LogP contribution in [-0.2, 0) is 0 Å². The van der Waals surface area contributed by atoms with E-state index in [4.69, 9.17) is 4.74 Å². The highest BCUT2D eigenvalue weighted by atomic mass is 16.5. The van der Waals surface area contributed by atoms with Gasteiger partial charge < -0.3 is 9.30 Å². The zero-order chi connectivity index (χ0) is 16.2. The maximum Gasteiger partial charge on any atom is 0.119 e. The molecule has 0 unspecified atom stereocenters. The first-order valence-electron chi connectivity index (χ1n) is 8.01. The smallest absolute Gasteiger partial charge is 0.119 e. The third-order valence-corrected chi connectivity index (χ3v) is 3.91. The van der Waals surface area contributed by atoms with Crippen LogP contribution >= 0.6 is 0 Å². The number of methoxy groups -OCH3 is 1. The minimum Gasteiger partial charge on any atom is -0.497 e. The Balaban J connectivity index is 0.000000753. The molecule has 3 aromatic carbocycles. The molecule has 0 bridgehead atoms. The van der Waals surface area contributed by atoms with E-state index in [1.807, 2.05) is 26.0 Å². The van der Waals surface area contributed by atoms with Crippen LogP contribution in [0, 0.1) is 0 Å². The van der Waals surface area contributed by atoms with Gasteiger partial charge in [0.1, 0.15) is 5.75 Å². The van der Waals surface area contributed by atoms with E-state index < -0.39 is 0 Å². The normalized spacial score (nSPS) is 10.4. The number of nitrogens with zero attached hydrogens (tertiary/aromatic N) is 1. The maximum atomic E-state index is 5.25. The second kappa shape index (κ2) is 6.57. The highest BCUT2D eigenvalue weighted by Gasteiger charge is 2.10. The molecule has 23 heavy (non-hydrogen) atoms. The van der Waals surface area contributed by atoms with Crippen LogP contribution in [0.25, 0.3) is 27.5 Å². The van der Waals surface area contributed by atoms with Gasteiger partial charge in [-0.2, -0.15) is 0 Å². The van der Waals surface area contributed by atoms with Gasteiger partial charge in [-0.3, -0.25) is 0 Å². The van der Waals surface area contributed by atoms with Gasteiger partial charge in [0.2, 0.25) is 0 Å². The Morgan fingerprint density at radius 1 is 0.652 bits per heavy atom. The van der Waals surface area contributed by atoms with Gasteiger partial charge in [0.05, 0.1) is 18.1 Å². The lowest BCUT2D eigenvalue weighted by Gasteiger charge is -2.08. The number of para-hydroxylation sites is 2. The van der Waals surface area contributed by atoms with Crippen molar-refractivity contribution >= 4 is 21.8 Å². The largest absolute Gasteiger partial charge is 0.497 e. The lowest BCUT2D eigenvalue weighted by atomic mass is 10.2. The summed E-state index contributed by atoms with van der Waals surface area (Å²) in [6.07, 6.45) is 0. The van der Waals surface area contributed by atoms with Crippen molar-refractivity contribution in [2.45, 2.75) is 13.8 Å². The Hall–Kier alpha value is -2.74. The predicted molar refractivity (Wildman–Crippen MR) is 98.7 cm³/mol. The van der Waals surface area contributed by atoms with E-state index in [1.165, 1.54) is 21.8 Å². The van der Waals surface area contributed by atoms with E-state index in [1.54, 1.807) is 7.11 Å². The van der Waals surface area contributed by atoms with Gasteiger partial charge in [-0.1, -0.05) is 50.2 Å². The van der Waals surface area contributed by atoms with E-state index in [0.717, 1.165) is 11.4 Å². The molecule has 0 saturated heterocycles. The molecule has 0 aliphatic carbocycles. The molecule has 0 aliphatic rings. The summed E-state index contributed by atoms with van der Waals surface area (Å²) in [5.41, 5.74) is 3.60. The molecule has 0 spiro atoms. The van der Waals surface area contributed by atoms with Crippen molar-refractivity contribution < 1.29 is 4.74 Å². The molecule has 0 saturated carbocycles. The fourth-order valence-electron chi connectivity index (χ4n) is 2.93. The summed E-state index contributed by atoms with van der Waals surface area (Å²) < 4.78 is 7.55. The molecule has 0 amide bonds. The molecule has 0 radical (unpaired) electrons.